The van der Waals surface area contributed by atoms with Crippen molar-refractivity contribution in [3.63, 3.8) is 0 Å². The maximum atomic E-state index is 11.6. The van der Waals surface area contributed by atoms with Crippen LogP contribution in [0.3, 0.4) is 0 Å². The molecule has 2 heteroatoms. The molecule has 0 unspecified atom stereocenters. The molecule has 1 rings (SSSR count). The highest BCUT2D eigenvalue weighted by molar-refractivity contribution is 5.60. The van der Waals surface area contributed by atoms with E-state index < -0.39 is 0 Å². The van der Waals surface area contributed by atoms with Crippen LogP contribution in [0.4, 0.5) is 0 Å². The van der Waals surface area contributed by atoms with Gasteiger partial charge in [-0.25, -0.2) is 0 Å². The molecule has 106 valence electrons. The van der Waals surface area contributed by atoms with E-state index in [-0.39, 0.29) is 5.41 Å². The minimum absolute atomic E-state index is 0.0638. The molecule has 0 radical (unpaired) electrons. The average molecular weight is 253 g/mol. The summed E-state index contributed by atoms with van der Waals surface area (Å²) in [5.74, 6) is 1.47. The van der Waals surface area contributed by atoms with E-state index in [2.05, 4.69) is 39.5 Å². The number of hydrogen-bond donors (Lipinski definition) is 0. The van der Waals surface area contributed by atoms with Crippen LogP contribution in [-0.4, -0.2) is 30.3 Å². The van der Waals surface area contributed by atoms with Crippen LogP contribution >= 0.6 is 0 Å². The number of aldehydes is 1. The van der Waals surface area contributed by atoms with E-state index in [1.54, 1.807) is 0 Å². The van der Waals surface area contributed by atoms with Crippen LogP contribution in [0.5, 0.6) is 0 Å². The maximum Gasteiger partial charge on any atom is 0.127 e. The van der Waals surface area contributed by atoms with Crippen molar-refractivity contribution in [3.8, 4) is 0 Å². The van der Waals surface area contributed by atoms with Gasteiger partial charge in [-0.15, -0.1) is 0 Å². The van der Waals surface area contributed by atoms with E-state index in [9.17, 15) is 4.79 Å². The molecule has 0 saturated heterocycles. The summed E-state index contributed by atoms with van der Waals surface area (Å²) < 4.78 is 0. The molecule has 0 heterocycles. The van der Waals surface area contributed by atoms with E-state index in [1.807, 2.05) is 0 Å². The highest BCUT2D eigenvalue weighted by Crippen LogP contribution is 2.38. The third-order valence-electron chi connectivity index (χ3n) is 4.37. The molecule has 0 amide bonds. The van der Waals surface area contributed by atoms with Crippen LogP contribution in [0.2, 0.25) is 0 Å². The van der Waals surface area contributed by atoms with Crippen molar-refractivity contribution in [1.29, 1.82) is 0 Å². The zero-order chi connectivity index (χ0) is 13.8. The molecule has 0 atom stereocenters. The summed E-state index contributed by atoms with van der Waals surface area (Å²) in [6.07, 6.45) is 5.85. The molecular formula is C16H31NO. The van der Waals surface area contributed by atoms with Gasteiger partial charge in [0.15, 0.2) is 0 Å². The lowest BCUT2D eigenvalue weighted by molar-refractivity contribution is -0.120. The Balaban J connectivity index is 2.67. The van der Waals surface area contributed by atoms with Crippen LogP contribution in [0.1, 0.15) is 60.3 Å². The van der Waals surface area contributed by atoms with Gasteiger partial charge in [0.1, 0.15) is 6.29 Å². The Bertz CT molecular complexity index is 252. The summed E-state index contributed by atoms with van der Waals surface area (Å²) in [5.41, 5.74) is -0.0638. The van der Waals surface area contributed by atoms with Gasteiger partial charge in [-0.1, -0.05) is 20.8 Å². The molecule has 0 aliphatic heterocycles. The molecular weight excluding hydrogens is 222 g/mol. The van der Waals surface area contributed by atoms with Crippen molar-refractivity contribution in [2.75, 3.05) is 13.1 Å². The molecule has 1 aliphatic carbocycles. The van der Waals surface area contributed by atoms with Gasteiger partial charge in [0.05, 0.1) is 0 Å². The SMILES string of the molecule is CC(C)CN(CC1(C=O)CCC(C)CC1)C(C)C. The first-order valence-corrected chi connectivity index (χ1v) is 7.59. The Morgan fingerprint density at radius 2 is 1.78 bits per heavy atom. The molecule has 0 aromatic carbocycles. The van der Waals surface area contributed by atoms with Gasteiger partial charge in [-0.3, -0.25) is 4.90 Å². The highest BCUT2D eigenvalue weighted by Gasteiger charge is 2.36. The first-order valence-electron chi connectivity index (χ1n) is 7.59. The molecule has 0 aromatic heterocycles. The van der Waals surface area contributed by atoms with E-state index in [1.165, 1.54) is 19.1 Å². The fraction of sp³-hybridized carbons (Fsp3) is 0.938. The second-order valence-electron chi connectivity index (χ2n) is 7.08. The number of hydrogen-bond acceptors (Lipinski definition) is 2. The van der Waals surface area contributed by atoms with E-state index in [0.29, 0.717) is 12.0 Å². The largest absolute Gasteiger partial charge is 0.303 e. The predicted octanol–water partition coefficient (Wildman–Crippen LogP) is 3.75. The summed E-state index contributed by atoms with van der Waals surface area (Å²) in [6, 6.07) is 0.531. The molecule has 1 aliphatic rings. The average Bonchev–Trinajstić information content (AvgIpc) is 2.31. The summed E-state index contributed by atoms with van der Waals surface area (Å²) in [4.78, 5) is 14.1. The molecule has 2 nitrogen and oxygen atoms in total. The number of carbonyl (C=O) groups excluding carboxylic acids is 1. The van der Waals surface area contributed by atoms with E-state index >= 15 is 0 Å². The van der Waals surface area contributed by atoms with Crippen molar-refractivity contribution in [3.05, 3.63) is 0 Å². The van der Waals surface area contributed by atoms with Crippen LogP contribution in [0.15, 0.2) is 0 Å². The summed E-state index contributed by atoms with van der Waals surface area (Å²) in [5, 5.41) is 0. The molecule has 1 saturated carbocycles. The highest BCUT2D eigenvalue weighted by atomic mass is 16.1. The summed E-state index contributed by atoms with van der Waals surface area (Å²) in [6.45, 7) is 13.4. The lowest BCUT2D eigenvalue weighted by Crippen LogP contribution is -2.45. The normalized spacial score (nSPS) is 29.2. The quantitative estimate of drug-likeness (QED) is 0.672. The van der Waals surface area contributed by atoms with Gasteiger partial charge in [0.2, 0.25) is 0 Å². The zero-order valence-electron chi connectivity index (χ0n) is 12.9. The minimum Gasteiger partial charge on any atom is -0.303 e. The second-order valence-corrected chi connectivity index (χ2v) is 7.08. The van der Waals surface area contributed by atoms with Gasteiger partial charge in [0.25, 0.3) is 0 Å². The van der Waals surface area contributed by atoms with Crippen molar-refractivity contribution < 1.29 is 4.79 Å². The van der Waals surface area contributed by atoms with Gasteiger partial charge >= 0.3 is 0 Å². The zero-order valence-corrected chi connectivity index (χ0v) is 12.9. The molecule has 0 aromatic rings. The third kappa shape index (κ3) is 4.38. The Morgan fingerprint density at radius 3 is 2.17 bits per heavy atom. The summed E-state index contributed by atoms with van der Waals surface area (Å²) >= 11 is 0. The smallest absolute Gasteiger partial charge is 0.127 e. The first-order chi connectivity index (χ1) is 8.38. The minimum atomic E-state index is -0.0638. The Morgan fingerprint density at radius 1 is 1.22 bits per heavy atom. The topological polar surface area (TPSA) is 20.3 Å². The molecule has 1 fully saturated rings. The maximum absolute atomic E-state index is 11.6. The van der Waals surface area contributed by atoms with E-state index in [4.69, 9.17) is 0 Å². The van der Waals surface area contributed by atoms with Crippen LogP contribution in [0, 0.1) is 17.3 Å². The van der Waals surface area contributed by atoms with Crippen LogP contribution in [-0.2, 0) is 4.79 Å². The number of rotatable bonds is 6. The number of carbonyl (C=O) groups is 1. The van der Waals surface area contributed by atoms with Crippen molar-refractivity contribution in [2.45, 2.75) is 66.3 Å². The Hall–Kier alpha value is -0.370. The molecule has 0 bridgehead atoms. The molecule has 0 N–H and O–H groups in total. The standard InChI is InChI=1S/C16H31NO/c1-13(2)10-17(14(3)4)11-16(12-18)8-6-15(5)7-9-16/h12-15H,6-11H2,1-5H3. The van der Waals surface area contributed by atoms with Crippen molar-refractivity contribution in [1.82, 2.24) is 4.90 Å². The lowest BCUT2D eigenvalue weighted by atomic mass is 9.71. The fourth-order valence-corrected chi connectivity index (χ4v) is 2.98. The first kappa shape index (κ1) is 15.7. The summed E-state index contributed by atoms with van der Waals surface area (Å²) in [7, 11) is 0. The molecule has 0 spiro atoms. The van der Waals surface area contributed by atoms with Gasteiger partial charge in [-0.05, 0) is 51.4 Å². The van der Waals surface area contributed by atoms with Gasteiger partial charge in [0, 0.05) is 24.5 Å². The van der Waals surface area contributed by atoms with Crippen LogP contribution in [0.25, 0.3) is 0 Å². The predicted molar refractivity (Wildman–Crippen MR) is 77.7 cm³/mol. The van der Waals surface area contributed by atoms with Crippen molar-refractivity contribution in [2.24, 2.45) is 17.3 Å². The monoisotopic (exact) mass is 253 g/mol. The third-order valence-corrected chi connectivity index (χ3v) is 4.37. The second kappa shape index (κ2) is 6.70. The fourth-order valence-electron chi connectivity index (χ4n) is 2.98. The van der Waals surface area contributed by atoms with Gasteiger partial charge in [-0.2, -0.15) is 0 Å². The molecule has 18 heavy (non-hydrogen) atoms. The Labute approximate surface area is 113 Å². The Kier molecular flexibility index (Phi) is 5.84. The lowest BCUT2D eigenvalue weighted by Gasteiger charge is -2.41. The van der Waals surface area contributed by atoms with Gasteiger partial charge < -0.3 is 4.79 Å². The van der Waals surface area contributed by atoms with Crippen LogP contribution < -0.4 is 0 Å². The number of nitrogens with zero attached hydrogens (tertiary/aromatic N) is 1. The van der Waals surface area contributed by atoms with Crippen molar-refractivity contribution >= 4 is 6.29 Å². The van der Waals surface area contributed by atoms with E-state index in [0.717, 1.165) is 31.8 Å².